The number of pyridine rings is 1. The summed E-state index contributed by atoms with van der Waals surface area (Å²) in [6.07, 6.45) is 3.34. The number of carbonyl (C=O) groups excluding carboxylic acids is 1. The summed E-state index contributed by atoms with van der Waals surface area (Å²) < 4.78 is 6.49. The van der Waals surface area contributed by atoms with Gasteiger partial charge in [-0.25, -0.2) is 0 Å². The van der Waals surface area contributed by atoms with Gasteiger partial charge in [0.05, 0.1) is 12.7 Å². The molecule has 140 valence electrons. The minimum atomic E-state index is -0.230. The van der Waals surface area contributed by atoms with Crippen molar-refractivity contribution in [2.75, 3.05) is 12.4 Å². The first-order chi connectivity index (χ1) is 13.7. The summed E-state index contributed by atoms with van der Waals surface area (Å²) in [6, 6.07) is 13.1. The zero-order chi connectivity index (χ0) is 19.3. The quantitative estimate of drug-likeness (QED) is 0.540. The molecule has 1 N–H and O–H groups in total. The molecule has 8 heteroatoms. The second kappa shape index (κ2) is 8.01. The van der Waals surface area contributed by atoms with E-state index in [2.05, 4.69) is 20.4 Å². The highest BCUT2D eigenvalue weighted by Crippen LogP contribution is 2.20. The Kier molecular flexibility index (Phi) is 5.11. The Morgan fingerprint density at radius 2 is 1.93 bits per heavy atom. The van der Waals surface area contributed by atoms with Gasteiger partial charge in [-0.15, -0.1) is 5.10 Å². The van der Waals surface area contributed by atoms with Crippen molar-refractivity contribution in [3.8, 4) is 17.1 Å². The van der Waals surface area contributed by atoms with Gasteiger partial charge in [-0.3, -0.25) is 9.78 Å². The average Bonchev–Trinajstić information content (AvgIpc) is 3.43. The zero-order valence-corrected chi connectivity index (χ0v) is 15.9. The smallest absolute Gasteiger partial charge is 0.282 e. The maximum absolute atomic E-state index is 12.9. The molecule has 0 radical (unpaired) electrons. The van der Waals surface area contributed by atoms with Gasteiger partial charge in [0.25, 0.3) is 5.91 Å². The Morgan fingerprint density at radius 1 is 1.14 bits per heavy atom. The molecule has 0 aliphatic carbocycles. The number of aromatic nitrogens is 4. The van der Waals surface area contributed by atoms with E-state index in [1.54, 1.807) is 30.9 Å². The normalized spacial score (nSPS) is 10.6. The van der Waals surface area contributed by atoms with E-state index in [1.807, 2.05) is 41.8 Å². The van der Waals surface area contributed by atoms with Gasteiger partial charge in [-0.1, -0.05) is 12.1 Å². The third kappa shape index (κ3) is 3.77. The number of rotatable bonds is 6. The van der Waals surface area contributed by atoms with Crippen molar-refractivity contribution in [1.82, 2.24) is 19.7 Å². The van der Waals surface area contributed by atoms with Crippen LogP contribution in [0.4, 0.5) is 5.95 Å². The maximum Gasteiger partial charge on any atom is 0.282 e. The van der Waals surface area contributed by atoms with Crippen molar-refractivity contribution in [1.29, 1.82) is 0 Å². The molecule has 0 atom stereocenters. The summed E-state index contributed by atoms with van der Waals surface area (Å²) in [6.45, 7) is 0.495. The third-order valence-corrected chi connectivity index (χ3v) is 4.80. The van der Waals surface area contributed by atoms with Crippen molar-refractivity contribution in [3.05, 3.63) is 76.7 Å². The first kappa shape index (κ1) is 17.9. The molecule has 0 amide bonds. The Morgan fingerprint density at radius 3 is 2.61 bits per heavy atom. The maximum atomic E-state index is 12.9. The van der Waals surface area contributed by atoms with Crippen LogP contribution < -0.4 is 10.1 Å². The highest BCUT2D eigenvalue weighted by atomic mass is 32.1. The molecule has 4 aromatic rings. The second-order valence-electron chi connectivity index (χ2n) is 5.93. The number of carbonyl (C=O) groups is 1. The Balaban J connectivity index is 1.63. The molecule has 0 unspecified atom stereocenters. The SMILES string of the molecule is COc1ccc(CNc2nc(-c3ccncc3)nn2C(=O)c2ccsc2)cc1. The van der Waals surface area contributed by atoms with Crippen LogP contribution in [0.2, 0.25) is 0 Å². The largest absolute Gasteiger partial charge is 0.497 e. The Labute approximate surface area is 165 Å². The predicted molar refractivity (Wildman–Crippen MR) is 108 cm³/mol. The zero-order valence-electron chi connectivity index (χ0n) is 15.1. The summed E-state index contributed by atoms with van der Waals surface area (Å²) in [4.78, 5) is 21.4. The number of ether oxygens (including phenoxy) is 1. The van der Waals surface area contributed by atoms with Gasteiger partial charge in [0.2, 0.25) is 5.95 Å². The standard InChI is InChI=1S/C20H17N5O2S/c1-27-17-4-2-14(3-5-17)12-22-20-23-18(15-6-9-21-10-7-15)24-25(20)19(26)16-8-11-28-13-16/h2-11,13H,12H2,1H3,(H,22,23,24). The van der Waals surface area contributed by atoms with Crippen LogP contribution in [-0.4, -0.2) is 32.8 Å². The van der Waals surface area contributed by atoms with Gasteiger partial charge >= 0.3 is 0 Å². The fourth-order valence-electron chi connectivity index (χ4n) is 2.62. The first-order valence-electron chi connectivity index (χ1n) is 8.56. The molecule has 0 aliphatic rings. The lowest BCUT2D eigenvalue weighted by Crippen LogP contribution is -2.17. The molecule has 7 nitrogen and oxygen atoms in total. The van der Waals surface area contributed by atoms with Crippen molar-refractivity contribution >= 4 is 23.2 Å². The van der Waals surface area contributed by atoms with Gasteiger partial charge < -0.3 is 10.1 Å². The minimum absolute atomic E-state index is 0.230. The molecule has 1 aromatic carbocycles. The molecule has 3 aromatic heterocycles. The molecule has 4 rings (SSSR count). The molecular formula is C20H17N5O2S. The number of thiophene rings is 1. The van der Waals surface area contributed by atoms with Crippen LogP contribution in [-0.2, 0) is 6.54 Å². The Hall–Kier alpha value is -3.52. The summed E-state index contributed by atoms with van der Waals surface area (Å²) in [5.74, 6) is 1.41. The van der Waals surface area contributed by atoms with Gasteiger partial charge in [-0.2, -0.15) is 21.0 Å². The average molecular weight is 391 g/mol. The number of hydrogen-bond acceptors (Lipinski definition) is 7. The van der Waals surface area contributed by atoms with E-state index in [-0.39, 0.29) is 5.91 Å². The number of benzene rings is 1. The van der Waals surface area contributed by atoms with E-state index < -0.39 is 0 Å². The van der Waals surface area contributed by atoms with Gasteiger partial charge in [0.15, 0.2) is 5.82 Å². The first-order valence-corrected chi connectivity index (χ1v) is 9.50. The molecule has 0 fully saturated rings. The number of anilines is 1. The summed E-state index contributed by atoms with van der Waals surface area (Å²) in [5, 5.41) is 11.3. The lowest BCUT2D eigenvalue weighted by Gasteiger charge is -2.07. The Bertz CT molecular complexity index is 1060. The molecular weight excluding hydrogens is 374 g/mol. The monoisotopic (exact) mass is 391 g/mol. The van der Waals surface area contributed by atoms with Crippen molar-refractivity contribution in [2.24, 2.45) is 0 Å². The van der Waals surface area contributed by atoms with E-state index in [4.69, 9.17) is 4.74 Å². The van der Waals surface area contributed by atoms with Crippen LogP contribution in [0.5, 0.6) is 5.75 Å². The van der Waals surface area contributed by atoms with Gasteiger partial charge in [0, 0.05) is 29.9 Å². The van der Waals surface area contributed by atoms with E-state index in [0.717, 1.165) is 16.9 Å². The van der Waals surface area contributed by atoms with E-state index in [1.165, 1.54) is 16.0 Å². The highest BCUT2D eigenvalue weighted by Gasteiger charge is 2.19. The lowest BCUT2D eigenvalue weighted by atomic mass is 10.2. The van der Waals surface area contributed by atoms with Gasteiger partial charge in [0.1, 0.15) is 5.75 Å². The van der Waals surface area contributed by atoms with Crippen molar-refractivity contribution < 1.29 is 9.53 Å². The van der Waals surface area contributed by atoms with Crippen LogP contribution in [0.15, 0.2) is 65.6 Å². The van der Waals surface area contributed by atoms with Crippen LogP contribution in [0, 0.1) is 0 Å². The second-order valence-corrected chi connectivity index (χ2v) is 6.71. The molecule has 0 saturated carbocycles. The fourth-order valence-corrected chi connectivity index (χ4v) is 3.25. The molecule has 0 saturated heterocycles. The molecule has 0 spiro atoms. The predicted octanol–water partition coefficient (Wildman–Crippen LogP) is 3.71. The molecule has 28 heavy (non-hydrogen) atoms. The van der Waals surface area contributed by atoms with E-state index >= 15 is 0 Å². The van der Waals surface area contributed by atoms with Crippen LogP contribution in [0.1, 0.15) is 15.9 Å². The number of nitrogens with one attached hydrogen (secondary N) is 1. The van der Waals surface area contributed by atoms with Gasteiger partial charge in [-0.05, 0) is 41.3 Å². The van der Waals surface area contributed by atoms with Crippen molar-refractivity contribution in [2.45, 2.75) is 6.54 Å². The topological polar surface area (TPSA) is 81.9 Å². The fraction of sp³-hybridized carbons (Fsp3) is 0.100. The minimum Gasteiger partial charge on any atom is -0.497 e. The van der Waals surface area contributed by atoms with Crippen molar-refractivity contribution in [3.63, 3.8) is 0 Å². The molecule has 0 bridgehead atoms. The summed E-state index contributed by atoms with van der Waals surface area (Å²) in [5.41, 5.74) is 2.40. The number of methoxy groups -OCH3 is 1. The number of hydrogen-bond donors (Lipinski definition) is 1. The summed E-state index contributed by atoms with van der Waals surface area (Å²) >= 11 is 1.46. The lowest BCUT2D eigenvalue weighted by molar-refractivity contribution is 0.0948. The summed E-state index contributed by atoms with van der Waals surface area (Å²) in [7, 11) is 1.63. The highest BCUT2D eigenvalue weighted by molar-refractivity contribution is 7.08. The molecule has 0 aliphatic heterocycles. The molecule has 3 heterocycles. The third-order valence-electron chi connectivity index (χ3n) is 4.12. The van der Waals surface area contributed by atoms with E-state index in [9.17, 15) is 4.79 Å². The van der Waals surface area contributed by atoms with Crippen LogP contribution in [0.25, 0.3) is 11.4 Å². The van der Waals surface area contributed by atoms with Crippen LogP contribution in [0.3, 0.4) is 0 Å². The van der Waals surface area contributed by atoms with Crippen LogP contribution >= 0.6 is 11.3 Å². The van der Waals surface area contributed by atoms with E-state index in [0.29, 0.717) is 23.9 Å². The number of nitrogens with zero attached hydrogens (tertiary/aromatic N) is 4.